The van der Waals surface area contributed by atoms with E-state index in [0.717, 1.165) is 16.8 Å². The van der Waals surface area contributed by atoms with E-state index in [1.807, 2.05) is 69.3 Å². The molecule has 3 aromatic rings. The highest BCUT2D eigenvalue weighted by Gasteiger charge is 2.29. The quantitative estimate of drug-likeness (QED) is 0.694. The van der Waals surface area contributed by atoms with Gasteiger partial charge in [-0.2, -0.15) is 10.1 Å². The summed E-state index contributed by atoms with van der Waals surface area (Å²) in [5.74, 6) is -0.241. The van der Waals surface area contributed by atoms with Crippen LogP contribution in [-0.4, -0.2) is 21.4 Å². The van der Waals surface area contributed by atoms with E-state index in [-0.39, 0.29) is 11.5 Å². The third-order valence-corrected chi connectivity index (χ3v) is 5.01. The summed E-state index contributed by atoms with van der Waals surface area (Å²) in [6.07, 6.45) is 1.63. The number of carbonyl (C=O) groups excluding carboxylic acids is 1. The molecule has 0 spiro atoms. The summed E-state index contributed by atoms with van der Waals surface area (Å²) in [5, 5.41) is 8.89. The first-order chi connectivity index (χ1) is 13.8. The number of hydrazone groups is 1. The van der Waals surface area contributed by atoms with Gasteiger partial charge in [-0.1, -0.05) is 29.8 Å². The molecule has 0 aliphatic carbocycles. The number of nitrogens with one attached hydrogen (secondary N) is 1. The number of carbonyl (C=O) groups is 1. The third kappa shape index (κ3) is 3.33. The second-order valence-electron chi connectivity index (χ2n) is 7.33. The molecule has 0 bridgehead atoms. The molecule has 4 rings (SSSR count). The summed E-state index contributed by atoms with van der Waals surface area (Å²) in [6.45, 7) is 7.56. The van der Waals surface area contributed by atoms with E-state index < -0.39 is 0 Å². The Labute approximate surface area is 168 Å². The van der Waals surface area contributed by atoms with Crippen LogP contribution in [0.1, 0.15) is 29.3 Å². The van der Waals surface area contributed by atoms with Gasteiger partial charge in [-0.05, 0) is 63.6 Å². The minimum atomic E-state index is -0.241. The Morgan fingerprint density at radius 3 is 2.31 bits per heavy atom. The van der Waals surface area contributed by atoms with Crippen LogP contribution in [0.4, 0.5) is 5.69 Å². The molecule has 0 saturated heterocycles. The topological polar surface area (TPSA) is 70.5 Å². The first-order valence-corrected chi connectivity index (χ1v) is 9.42. The zero-order valence-corrected chi connectivity index (χ0v) is 16.9. The molecule has 2 heterocycles. The highest BCUT2D eigenvalue weighted by Crippen LogP contribution is 2.25. The molecule has 1 aromatic heterocycles. The van der Waals surface area contributed by atoms with Gasteiger partial charge in [0.1, 0.15) is 0 Å². The lowest BCUT2D eigenvalue weighted by Crippen LogP contribution is -2.22. The van der Waals surface area contributed by atoms with Crippen LogP contribution >= 0.6 is 0 Å². The van der Waals surface area contributed by atoms with Gasteiger partial charge in [-0.3, -0.25) is 14.7 Å². The smallest absolute Gasteiger partial charge is 0.280 e. The van der Waals surface area contributed by atoms with Gasteiger partial charge in [-0.25, -0.2) is 4.68 Å². The number of nitrogens with zero attached hydrogens (tertiary/aromatic N) is 3. The Morgan fingerprint density at radius 1 is 0.897 bits per heavy atom. The van der Waals surface area contributed by atoms with Crippen LogP contribution < -0.4 is 10.6 Å². The van der Waals surface area contributed by atoms with Crippen molar-refractivity contribution in [3.63, 3.8) is 0 Å². The Bertz CT molecular complexity index is 1230. The summed E-state index contributed by atoms with van der Waals surface area (Å²) in [4.78, 5) is 26.0. The molecule has 1 aliphatic heterocycles. The van der Waals surface area contributed by atoms with Crippen LogP contribution in [0, 0.1) is 20.8 Å². The largest absolute Gasteiger partial charge is 0.295 e. The highest BCUT2D eigenvalue weighted by atomic mass is 16.2. The zero-order chi connectivity index (χ0) is 20.7. The van der Waals surface area contributed by atoms with Gasteiger partial charge in [0.25, 0.3) is 11.5 Å². The Kier molecular flexibility index (Phi) is 4.54. The Balaban J connectivity index is 1.73. The van der Waals surface area contributed by atoms with E-state index in [1.165, 1.54) is 9.69 Å². The normalized spacial score (nSPS) is 15.3. The molecule has 1 N–H and O–H groups in total. The van der Waals surface area contributed by atoms with Crippen molar-refractivity contribution < 1.29 is 4.79 Å². The molecule has 0 saturated carbocycles. The lowest BCUT2D eigenvalue weighted by Gasteiger charge is -2.12. The number of hydrogen-bond acceptors (Lipinski definition) is 3. The molecule has 2 aromatic carbocycles. The number of aromatic amines is 1. The Hall–Kier alpha value is -3.67. The SMILES string of the molecule is CC1=NN(c2cccc(C)c2)C(=O)/C1=C/c1c(C)[nH]n(-c2ccc(C)cc2)c1=O. The molecular weight excluding hydrogens is 364 g/mol. The van der Waals surface area contributed by atoms with E-state index in [0.29, 0.717) is 28.2 Å². The predicted octanol–water partition coefficient (Wildman–Crippen LogP) is 3.90. The first-order valence-electron chi connectivity index (χ1n) is 9.42. The van der Waals surface area contributed by atoms with Crippen LogP contribution in [0.15, 0.2) is 64.0 Å². The van der Waals surface area contributed by atoms with Crippen LogP contribution in [0.3, 0.4) is 0 Å². The molecule has 0 atom stereocenters. The van der Waals surface area contributed by atoms with Crippen molar-refractivity contribution in [2.24, 2.45) is 5.10 Å². The molecule has 1 amide bonds. The fourth-order valence-electron chi connectivity index (χ4n) is 3.37. The number of H-pyrrole nitrogens is 1. The fraction of sp³-hybridized carbons (Fsp3) is 0.174. The van der Waals surface area contributed by atoms with Gasteiger partial charge in [0.2, 0.25) is 0 Å². The maximum absolute atomic E-state index is 13.0. The average molecular weight is 386 g/mol. The monoisotopic (exact) mass is 386 g/mol. The van der Waals surface area contributed by atoms with E-state index in [1.54, 1.807) is 13.0 Å². The standard InChI is InChI=1S/C23H22N4O2/c1-14-8-10-18(11-9-14)26-22(28)20(16(3)24-26)13-21-17(4)25-27(23(21)29)19-7-5-6-15(2)12-19/h5-13,24H,1-4H3/b21-13+. The number of amides is 1. The van der Waals surface area contributed by atoms with E-state index in [4.69, 9.17) is 0 Å². The molecular formula is C23H22N4O2. The van der Waals surface area contributed by atoms with Crippen LogP contribution in [0.5, 0.6) is 0 Å². The van der Waals surface area contributed by atoms with Gasteiger partial charge in [0.15, 0.2) is 0 Å². The van der Waals surface area contributed by atoms with Crippen molar-refractivity contribution in [1.29, 1.82) is 0 Å². The van der Waals surface area contributed by atoms with Gasteiger partial charge in [0.05, 0.1) is 28.2 Å². The molecule has 0 radical (unpaired) electrons. The predicted molar refractivity (Wildman–Crippen MR) is 116 cm³/mol. The van der Waals surface area contributed by atoms with Crippen LogP contribution in [-0.2, 0) is 4.79 Å². The van der Waals surface area contributed by atoms with Crippen LogP contribution in [0.2, 0.25) is 0 Å². The lowest BCUT2D eigenvalue weighted by atomic mass is 10.1. The summed E-state index contributed by atoms with van der Waals surface area (Å²) in [7, 11) is 0. The van der Waals surface area contributed by atoms with E-state index in [2.05, 4.69) is 10.2 Å². The lowest BCUT2D eigenvalue weighted by molar-refractivity contribution is -0.114. The van der Waals surface area contributed by atoms with Crippen molar-refractivity contribution in [3.8, 4) is 5.69 Å². The number of benzene rings is 2. The molecule has 29 heavy (non-hydrogen) atoms. The summed E-state index contributed by atoms with van der Waals surface area (Å²) >= 11 is 0. The molecule has 146 valence electrons. The third-order valence-electron chi connectivity index (χ3n) is 5.01. The summed E-state index contributed by atoms with van der Waals surface area (Å²) in [5.41, 5.74) is 5.56. The average Bonchev–Trinajstić information content (AvgIpc) is 3.13. The number of aromatic nitrogens is 2. The van der Waals surface area contributed by atoms with Gasteiger partial charge >= 0.3 is 0 Å². The molecule has 1 aliphatic rings. The van der Waals surface area contributed by atoms with Crippen molar-refractivity contribution in [1.82, 2.24) is 9.78 Å². The first kappa shape index (κ1) is 18.7. The number of anilines is 1. The number of hydrogen-bond donors (Lipinski definition) is 1. The highest BCUT2D eigenvalue weighted by molar-refractivity contribution is 6.32. The molecule has 6 nitrogen and oxygen atoms in total. The van der Waals surface area contributed by atoms with Gasteiger partial charge < -0.3 is 0 Å². The van der Waals surface area contributed by atoms with Crippen molar-refractivity contribution in [3.05, 3.63) is 86.8 Å². The van der Waals surface area contributed by atoms with Gasteiger partial charge in [-0.15, -0.1) is 0 Å². The minimum absolute atomic E-state index is 0.201. The Morgan fingerprint density at radius 2 is 1.62 bits per heavy atom. The number of aryl methyl sites for hydroxylation is 3. The maximum atomic E-state index is 13.0. The second kappa shape index (κ2) is 7.05. The zero-order valence-electron chi connectivity index (χ0n) is 16.9. The maximum Gasteiger partial charge on any atom is 0.280 e. The summed E-state index contributed by atoms with van der Waals surface area (Å²) < 4.78 is 1.49. The fourth-order valence-corrected chi connectivity index (χ4v) is 3.37. The van der Waals surface area contributed by atoms with E-state index >= 15 is 0 Å². The van der Waals surface area contributed by atoms with Crippen molar-refractivity contribution >= 4 is 23.4 Å². The number of rotatable bonds is 3. The van der Waals surface area contributed by atoms with Gasteiger partial charge in [0, 0.05) is 5.69 Å². The van der Waals surface area contributed by atoms with Crippen LogP contribution in [0.25, 0.3) is 11.8 Å². The van der Waals surface area contributed by atoms with Crippen molar-refractivity contribution in [2.45, 2.75) is 27.7 Å². The summed E-state index contributed by atoms with van der Waals surface area (Å²) in [6, 6.07) is 15.3. The molecule has 0 unspecified atom stereocenters. The minimum Gasteiger partial charge on any atom is -0.295 e. The van der Waals surface area contributed by atoms with E-state index in [9.17, 15) is 9.59 Å². The molecule has 0 fully saturated rings. The van der Waals surface area contributed by atoms with Crippen molar-refractivity contribution in [2.75, 3.05) is 5.01 Å². The second-order valence-corrected chi connectivity index (χ2v) is 7.33. The molecule has 6 heteroatoms.